The molecular weight excluding hydrogens is 370 g/mol. The Labute approximate surface area is 127 Å². The summed E-state index contributed by atoms with van der Waals surface area (Å²) in [6.07, 6.45) is 0. The third-order valence-electron chi connectivity index (χ3n) is 3.00. The molecule has 3 aromatic rings. The maximum atomic E-state index is 6.08. The second-order valence-corrected chi connectivity index (χ2v) is 6.08. The number of para-hydroxylation sites is 1. The summed E-state index contributed by atoms with van der Waals surface area (Å²) in [5.74, 6) is 0.480. The van der Waals surface area contributed by atoms with Gasteiger partial charge in [0, 0.05) is 8.95 Å². The van der Waals surface area contributed by atoms with Crippen LogP contribution in [0.4, 0.5) is 5.95 Å². The molecule has 0 bridgehead atoms. The van der Waals surface area contributed by atoms with Crippen LogP contribution in [0.15, 0.2) is 45.3 Å². The van der Waals surface area contributed by atoms with Gasteiger partial charge in [-0.05, 0) is 68.6 Å². The maximum Gasteiger partial charge on any atom is 0.206 e. The van der Waals surface area contributed by atoms with Gasteiger partial charge < -0.3 is 5.73 Å². The molecule has 0 atom stereocenters. The first-order valence-electron chi connectivity index (χ1n) is 5.77. The molecule has 0 aliphatic heterocycles. The van der Waals surface area contributed by atoms with Crippen molar-refractivity contribution in [3.8, 4) is 5.69 Å². The van der Waals surface area contributed by atoms with E-state index >= 15 is 0 Å². The van der Waals surface area contributed by atoms with Gasteiger partial charge in [-0.15, -0.1) is 0 Å². The monoisotopic (exact) mass is 379 g/mol. The van der Waals surface area contributed by atoms with Crippen LogP contribution in [0.1, 0.15) is 5.56 Å². The third-order valence-corrected chi connectivity index (χ3v) is 4.28. The molecule has 5 heteroatoms. The van der Waals surface area contributed by atoms with Crippen LogP contribution < -0.4 is 5.73 Å². The molecule has 0 aliphatic rings. The predicted octanol–water partition coefficient (Wildman–Crippen LogP) is 4.44. The number of nitrogens with two attached hydrogens (primary N) is 1. The topological polar surface area (TPSA) is 43.8 Å². The van der Waals surface area contributed by atoms with Crippen LogP contribution in [0.2, 0.25) is 0 Å². The summed E-state index contributed by atoms with van der Waals surface area (Å²) < 4.78 is 3.89. The fraction of sp³-hybridized carbons (Fsp3) is 0.0714. The zero-order valence-electron chi connectivity index (χ0n) is 10.2. The smallest absolute Gasteiger partial charge is 0.206 e. The van der Waals surface area contributed by atoms with Crippen molar-refractivity contribution in [3.05, 3.63) is 50.9 Å². The Bertz CT molecular complexity index is 757. The number of anilines is 1. The molecule has 96 valence electrons. The van der Waals surface area contributed by atoms with E-state index in [0.717, 1.165) is 25.7 Å². The van der Waals surface area contributed by atoms with E-state index in [1.54, 1.807) is 0 Å². The Morgan fingerprint density at radius 1 is 1.11 bits per heavy atom. The second-order valence-electron chi connectivity index (χ2n) is 4.37. The summed E-state index contributed by atoms with van der Waals surface area (Å²) >= 11 is 7.15. The second kappa shape index (κ2) is 4.65. The molecule has 1 heterocycles. The summed E-state index contributed by atoms with van der Waals surface area (Å²) in [6.45, 7) is 2.06. The lowest BCUT2D eigenvalue weighted by Gasteiger charge is -2.11. The van der Waals surface area contributed by atoms with Gasteiger partial charge in [-0.1, -0.05) is 12.1 Å². The molecule has 1 aromatic heterocycles. The standard InChI is InChI=1S/C14H11Br2N3/c1-8-5-6-11-12(7-8)19(14(17)18-11)13-9(15)3-2-4-10(13)16/h2-7H,1H3,(H2,17,18). The highest BCUT2D eigenvalue weighted by Gasteiger charge is 2.14. The maximum absolute atomic E-state index is 6.08. The van der Waals surface area contributed by atoms with E-state index in [1.165, 1.54) is 5.56 Å². The van der Waals surface area contributed by atoms with Gasteiger partial charge >= 0.3 is 0 Å². The van der Waals surface area contributed by atoms with Gasteiger partial charge in [0.15, 0.2) is 0 Å². The van der Waals surface area contributed by atoms with Crippen molar-refractivity contribution < 1.29 is 0 Å². The molecule has 2 aromatic carbocycles. The molecule has 0 spiro atoms. The van der Waals surface area contributed by atoms with Gasteiger partial charge in [-0.3, -0.25) is 4.57 Å². The summed E-state index contributed by atoms with van der Waals surface area (Å²) in [6, 6.07) is 12.1. The quantitative estimate of drug-likeness (QED) is 0.678. The molecule has 0 amide bonds. The number of nitrogens with zero attached hydrogens (tertiary/aromatic N) is 2. The Balaban J connectivity index is 2.42. The van der Waals surface area contributed by atoms with E-state index in [1.807, 2.05) is 34.9 Å². The minimum Gasteiger partial charge on any atom is -0.369 e. The van der Waals surface area contributed by atoms with E-state index in [-0.39, 0.29) is 0 Å². The number of aromatic nitrogens is 2. The highest BCUT2D eigenvalue weighted by atomic mass is 79.9. The minimum atomic E-state index is 0.480. The molecule has 0 saturated carbocycles. The van der Waals surface area contributed by atoms with Crippen LogP contribution in [0.3, 0.4) is 0 Å². The van der Waals surface area contributed by atoms with Gasteiger partial charge in [0.25, 0.3) is 0 Å². The Hall–Kier alpha value is -1.33. The summed E-state index contributed by atoms with van der Waals surface area (Å²) in [4.78, 5) is 4.41. The van der Waals surface area contributed by atoms with E-state index in [2.05, 4.69) is 49.8 Å². The van der Waals surface area contributed by atoms with E-state index in [4.69, 9.17) is 5.73 Å². The largest absolute Gasteiger partial charge is 0.369 e. The number of rotatable bonds is 1. The number of halogens is 2. The fourth-order valence-electron chi connectivity index (χ4n) is 2.14. The number of imidazole rings is 1. The average molecular weight is 381 g/mol. The van der Waals surface area contributed by atoms with Crippen LogP contribution in [0, 0.1) is 6.92 Å². The van der Waals surface area contributed by atoms with Crippen molar-refractivity contribution in [3.63, 3.8) is 0 Å². The zero-order valence-corrected chi connectivity index (χ0v) is 13.4. The van der Waals surface area contributed by atoms with Gasteiger partial charge in [0.2, 0.25) is 5.95 Å². The van der Waals surface area contributed by atoms with Crippen LogP contribution >= 0.6 is 31.9 Å². The van der Waals surface area contributed by atoms with Gasteiger partial charge in [0.05, 0.1) is 16.7 Å². The summed E-state index contributed by atoms with van der Waals surface area (Å²) in [7, 11) is 0. The van der Waals surface area contributed by atoms with Crippen LogP contribution in [-0.2, 0) is 0 Å². The first-order chi connectivity index (χ1) is 9.08. The number of benzene rings is 2. The molecule has 0 fully saturated rings. The minimum absolute atomic E-state index is 0.480. The molecule has 0 unspecified atom stereocenters. The number of aryl methyl sites for hydroxylation is 1. The predicted molar refractivity (Wildman–Crippen MR) is 85.6 cm³/mol. The van der Waals surface area contributed by atoms with Crippen LogP contribution in [-0.4, -0.2) is 9.55 Å². The lowest BCUT2D eigenvalue weighted by atomic mass is 10.2. The number of fused-ring (bicyclic) bond motifs is 1. The third kappa shape index (κ3) is 2.07. The van der Waals surface area contributed by atoms with Crippen molar-refractivity contribution >= 4 is 48.8 Å². The average Bonchev–Trinajstić information content (AvgIpc) is 2.66. The first-order valence-corrected chi connectivity index (χ1v) is 7.35. The van der Waals surface area contributed by atoms with Crippen molar-refractivity contribution in [2.24, 2.45) is 0 Å². The summed E-state index contributed by atoms with van der Waals surface area (Å²) in [5, 5.41) is 0. The Morgan fingerprint density at radius 2 is 1.79 bits per heavy atom. The van der Waals surface area contributed by atoms with Crippen molar-refractivity contribution in [1.82, 2.24) is 9.55 Å². The normalized spacial score (nSPS) is 11.1. The SMILES string of the molecule is Cc1ccc2nc(N)n(-c3c(Br)cccc3Br)c2c1. The molecule has 3 rings (SSSR count). The van der Waals surface area contributed by atoms with Crippen molar-refractivity contribution in [2.75, 3.05) is 5.73 Å². The zero-order chi connectivity index (χ0) is 13.6. The number of hydrogen-bond acceptors (Lipinski definition) is 2. The van der Waals surface area contributed by atoms with Gasteiger partial charge in [0.1, 0.15) is 0 Å². The highest BCUT2D eigenvalue weighted by molar-refractivity contribution is 9.11. The molecule has 19 heavy (non-hydrogen) atoms. The van der Waals surface area contributed by atoms with Crippen LogP contribution in [0.5, 0.6) is 0 Å². The lowest BCUT2D eigenvalue weighted by Crippen LogP contribution is -2.02. The molecular formula is C14H11Br2N3. The Morgan fingerprint density at radius 3 is 2.47 bits per heavy atom. The molecule has 0 saturated heterocycles. The fourth-order valence-corrected chi connectivity index (χ4v) is 3.49. The van der Waals surface area contributed by atoms with E-state index < -0.39 is 0 Å². The molecule has 2 N–H and O–H groups in total. The van der Waals surface area contributed by atoms with Crippen molar-refractivity contribution in [2.45, 2.75) is 6.92 Å². The summed E-state index contributed by atoms with van der Waals surface area (Å²) in [5.41, 5.74) is 10.1. The lowest BCUT2D eigenvalue weighted by molar-refractivity contribution is 1.09. The van der Waals surface area contributed by atoms with Gasteiger partial charge in [-0.25, -0.2) is 4.98 Å². The Kier molecular flexibility index (Phi) is 3.11. The van der Waals surface area contributed by atoms with E-state index in [0.29, 0.717) is 5.95 Å². The molecule has 0 aliphatic carbocycles. The van der Waals surface area contributed by atoms with Crippen molar-refractivity contribution in [1.29, 1.82) is 0 Å². The van der Waals surface area contributed by atoms with E-state index in [9.17, 15) is 0 Å². The first kappa shape index (κ1) is 12.7. The molecule has 0 radical (unpaired) electrons. The van der Waals surface area contributed by atoms with Crippen LogP contribution in [0.25, 0.3) is 16.7 Å². The number of hydrogen-bond donors (Lipinski definition) is 1. The van der Waals surface area contributed by atoms with Gasteiger partial charge in [-0.2, -0.15) is 0 Å². The highest BCUT2D eigenvalue weighted by Crippen LogP contribution is 2.33. The number of nitrogen functional groups attached to an aromatic ring is 1. The molecule has 3 nitrogen and oxygen atoms in total.